The highest BCUT2D eigenvalue weighted by molar-refractivity contribution is 5.76. The zero-order valence-corrected chi connectivity index (χ0v) is 9.36. The molecular formula is C12H15NO3. The molecule has 0 aromatic heterocycles. The van der Waals surface area contributed by atoms with Crippen LogP contribution in [-0.2, 0) is 16.0 Å². The van der Waals surface area contributed by atoms with Gasteiger partial charge in [-0.25, -0.2) is 0 Å². The van der Waals surface area contributed by atoms with Crippen LogP contribution in [0.25, 0.3) is 0 Å². The van der Waals surface area contributed by atoms with Gasteiger partial charge in [0.1, 0.15) is 6.04 Å². The number of aromatic hydroxyl groups is 1. The monoisotopic (exact) mass is 221 g/mol. The highest BCUT2D eigenvalue weighted by Gasteiger charge is 2.16. The van der Waals surface area contributed by atoms with Crippen molar-refractivity contribution in [1.82, 2.24) is 0 Å². The van der Waals surface area contributed by atoms with Crippen molar-refractivity contribution in [3.8, 4) is 5.75 Å². The predicted molar refractivity (Wildman–Crippen MR) is 58.7 cm³/mol. The van der Waals surface area contributed by atoms with Crippen LogP contribution in [0.1, 0.15) is 19.4 Å². The molecule has 0 saturated carbocycles. The van der Waals surface area contributed by atoms with Gasteiger partial charge in [-0.15, -0.1) is 0 Å². The summed E-state index contributed by atoms with van der Waals surface area (Å²) in [6, 6.07) is 7.64. The fourth-order valence-electron chi connectivity index (χ4n) is 1.17. The largest absolute Gasteiger partial charge is 0.501 e. The van der Waals surface area contributed by atoms with Crippen molar-refractivity contribution in [2.75, 3.05) is 0 Å². The summed E-state index contributed by atoms with van der Waals surface area (Å²) in [4.78, 5) is 11.4. The lowest BCUT2D eigenvalue weighted by atomic mass is 10.1. The Balaban J connectivity index is 2.53. The lowest BCUT2D eigenvalue weighted by Gasteiger charge is -2.12. The molecule has 4 heteroatoms. The predicted octanol–water partition coefficient (Wildman–Crippen LogP) is 0.814. The van der Waals surface area contributed by atoms with E-state index < -0.39 is 12.0 Å². The lowest BCUT2D eigenvalue weighted by molar-refractivity contribution is -0.148. The van der Waals surface area contributed by atoms with Gasteiger partial charge in [-0.1, -0.05) is 6.07 Å². The fourth-order valence-corrected chi connectivity index (χ4v) is 1.17. The van der Waals surface area contributed by atoms with E-state index in [1.165, 1.54) is 6.07 Å². The number of carbonyl (C=O) groups excluding carboxylic acids is 1. The summed E-state index contributed by atoms with van der Waals surface area (Å²) < 4.78 is 4.97. The van der Waals surface area contributed by atoms with Crippen LogP contribution in [0.4, 0.5) is 0 Å². The van der Waals surface area contributed by atoms with Crippen LogP contribution >= 0.6 is 0 Å². The Morgan fingerprint density at radius 2 is 2.19 bits per heavy atom. The minimum atomic E-state index is -0.711. The Morgan fingerprint density at radius 3 is 2.69 bits per heavy atom. The molecule has 1 aromatic rings. The third kappa shape index (κ3) is 3.79. The van der Waals surface area contributed by atoms with E-state index in [2.05, 4.69) is 12.1 Å². The molecule has 0 fully saturated rings. The Kier molecular flexibility index (Phi) is 4.15. The molecule has 0 heterocycles. The van der Waals surface area contributed by atoms with Gasteiger partial charge >= 0.3 is 5.97 Å². The molecule has 3 N–H and O–H groups in total. The van der Waals surface area contributed by atoms with Crippen molar-refractivity contribution in [3.63, 3.8) is 0 Å². The van der Waals surface area contributed by atoms with Crippen molar-refractivity contribution >= 4 is 5.97 Å². The van der Waals surface area contributed by atoms with Crippen LogP contribution in [0.15, 0.2) is 12.1 Å². The Hall–Kier alpha value is -1.73. The summed E-state index contributed by atoms with van der Waals surface area (Å²) >= 11 is 0. The lowest BCUT2D eigenvalue weighted by Crippen LogP contribution is -2.35. The van der Waals surface area contributed by atoms with E-state index in [4.69, 9.17) is 15.6 Å². The number of rotatable bonds is 4. The van der Waals surface area contributed by atoms with Crippen LogP contribution in [-0.4, -0.2) is 23.2 Å². The van der Waals surface area contributed by atoms with E-state index >= 15 is 0 Å². The third-order valence-electron chi connectivity index (χ3n) is 1.89. The molecule has 0 radical (unpaired) electrons. The fraction of sp³-hybridized carbons (Fsp3) is 0.417. The van der Waals surface area contributed by atoms with Crippen LogP contribution in [0.5, 0.6) is 5.75 Å². The number of hydrogen-bond donors (Lipinski definition) is 2. The van der Waals surface area contributed by atoms with Crippen molar-refractivity contribution in [3.05, 3.63) is 29.8 Å². The van der Waals surface area contributed by atoms with Gasteiger partial charge in [-0.3, -0.25) is 4.79 Å². The highest BCUT2D eigenvalue weighted by atomic mass is 16.5. The van der Waals surface area contributed by atoms with E-state index in [0.29, 0.717) is 12.0 Å². The van der Waals surface area contributed by atoms with Crippen LogP contribution < -0.4 is 5.73 Å². The summed E-state index contributed by atoms with van der Waals surface area (Å²) in [6.45, 7) is 3.54. The zero-order valence-electron chi connectivity index (χ0n) is 9.36. The number of ether oxygens (including phenoxy) is 1. The molecule has 1 aromatic carbocycles. The maximum Gasteiger partial charge on any atom is 0.323 e. The summed E-state index contributed by atoms with van der Waals surface area (Å²) in [5.41, 5.74) is 6.38. The third-order valence-corrected chi connectivity index (χ3v) is 1.89. The first kappa shape index (κ1) is 12.3. The summed E-state index contributed by atoms with van der Waals surface area (Å²) in [6.07, 6.45) is 0.149. The average Bonchev–Trinajstić information content (AvgIpc) is 2.20. The molecule has 4 nitrogen and oxygen atoms in total. The summed E-state index contributed by atoms with van der Waals surface area (Å²) in [5.74, 6) is -0.418. The van der Waals surface area contributed by atoms with Gasteiger partial charge in [0.05, 0.1) is 6.10 Å². The first-order valence-electron chi connectivity index (χ1n) is 5.07. The van der Waals surface area contributed by atoms with Gasteiger partial charge < -0.3 is 15.6 Å². The zero-order chi connectivity index (χ0) is 12.1. The van der Waals surface area contributed by atoms with Gasteiger partial charge in [0.15, 0.2) is 5.75 Å². The van der Waals surface area contributed by atoms with Gasteiger partial charge in [0, 0.05) is 12.0 Å². The van der Waals surface area contributed by atoms with Gasteiger partial charge in [0.2, 0.25) is 0 Å². The second kappa shape index (κ2) is 5.38. The summed E-state index contributed by atoms with van der Waals surface area (Å²) in [7, 11) is 0. The molecule has 0 aliphatic heterocycles. The molecule has 1 rings (SSSR count). The summed E-state index contributed by atoms with van der Waals surface area (Å²) in [5, 5.41) is 9.01. The minimum absolute atomic E-state index is 0.0158. The van der Waals surface area contributed by atoms with Crippen molar-refractivity contribution < 1.29 is 14.6 Å². The van der Waals surface area contributed by atoms with Crippen LogP contribution in [0.2, 0.25) is 0 Å². The molecule has 1 atom stereocenters. The Morgan fingerprint density at radius 1 is 1.50 bits per heavy atom. The van der Waals surface area contributed by atoms with E-state index in [-0.39, 0.29) is 11.9 Å². The molecule has 0 aliphatic carbocycles. The highest BCUT2D eigenvalue weighted by Crippen LogP contribution is 2.06. The second-order valence-corrected chi connectivity index (χ2v) is 3.79. The normalized spacial score (nSPS) is 12.0. The maximum absolute atomic E-state index is 11.4. The molecule has 86 valence electrons. The van der Waals surface area contributed by atoms with Crippen molar-refractivity contribution in [2.45, 2.75) is 32.4 Å². The Labute approximate surface area is 95.0 Å². The average molecular weight is 221 g/mol. The molecule has 0 aliphatic rings. The van der Waals surface area contributed by atoms with E-state index in [1.54, 1.807) is 19.9 Å². The van der Waals surface area contributed by atoms with Crippen LogP contribution in [0, 0.1) is 12.1 Å². The molecule has 0 amide bonds. The standard InChI is InChI=1S/C12H15NO3/c1-8(2)16-12(15)11(13)7-9-3-5-10(14)6-4-9/h3,5,8,11,14H,7,13H2,1-2H3. The molecule has 0 saturated heterocycles. The number of esters is 1. The van der Waals surface area contributed by atoms with Gasteiger partial charge in [0.25, 0.3) is 0 Å². The van der Waals surface area contributed by atoms with E-state index in [9.17, 15) is 4.79 Å². The first-order chi connectivity index (χ1) is 7.49. The first-order valence-corrected chi connectivity index (χ1v) is 5.07. The number of carbonyl (C=O) groups is 1. The molecular weight excluding hydrogens is 206 g/mol. The molecule has 16 heavy (non-hydrogen) atoms. The van der Waals surface area contributed by atoms with E-state index in [1.807, 2.05) is 0 Å². The SMILES string of the molecule is CC(C)OC(=O)C(N)Cc1c#cc(O)cc1. The molecule has 0 bridgehead atoms. The number of nitrogens with two attached hydrogens (primary N) is 1. The topological polar surface area (TPSA) is 72.5 Å². The molecule has 1 unspecified atom stereocenters. The van der Waals surface area contributed by atoms with Crippen molar-refractivity contribution in [2.24, 2.45) is 5.73 Å². The van der Waals surface area contributed by atoms with E-state index in [0.717, 1.165) is 0 Å². The smallest absolute Gasteiger partial charge is 0.323 e. The second-order valence-electron chi connectivity index (χ2n) is 3.79. The van der Waals surface area contributed by atoms with Crippen molar-refractivity contribution in [1.29, 1.82) is 0 Å². The quantitative estimate of drug-likeness (QED) is 0.738. The molecule has 0 spiro atoms. The number of hydrogen-bond acceptors (Lipinski definition) is 4. The Bertz CT molecular complexity index is 346. The van der Waals surface area contributed by atoms with Crippen LogP contribution in [0.3, 0.4) is 0 Å². The maximum atomic E-state index is 11.4. The van der Waals surface area contributed by atoms with Gasteiger partial charge in [-0.2, -0.15) is 0 Å². The van der Waals surface area contributed by atoms with Gasteiger partial charge in [-0.05, 0) is 32.0 Å². The minimum Gasteiger partial charge on any atom is -0.501 e.